The largest absolute Gasteiger partial charge is 0.406 e. The summed E-state index contributed by atoms with van der Waals surface area (Å²) in [4.78, 5) is 35.6. The zero-order chi connectivity index (χ0) is 34.4. The van der Waals surface area contributed by atoms with Gasteiger partial charge in [-0.3, -0.25) is 9.59 Å². The molecule has 3 aromatic heterocycles. The van der Waals surface area contributed by atoms with E-state index < -0.39 is 53.7 Å². The highest BCUT2D eigenvalue weighted by atomic mass is 19.4. The van der Waals surface area contributed by atoms with E-state index in [4.69, 9.17) is 4.98 Å². The average molecular weight is 674 g/mol. The molecule has 6 rings (SSSR count). The van der Waals surface area contributed by atoms with Crippen molar-refractivity contribution in [1.29, 1.82) is 0 Å². The van der Waals surface area contributed by atoms with Crippen LogP contribution in [-0.4, -0.2) is 62.4 Å². The first kappa shape index (κ1) is 33.8. The molecule has 4 aromatic rings. The maximum absolute atomic E-state index is 15.5. The molecule has 0 spiro atoms. The Morgan fingerprint density at radius 1 is 1.10 bits per heavy atom. The summed E-state index contributed by atoms with van der Waals surface area (Å²) in [5.41, 5.74) is 0.363. The highest BCUT2D eigenvalue weighted by Crippen LogP contribution is 2.35. The zero-order valence-corrected chi connectivity index (χ0v) is 27.2. The van der Waals surface area contributed by atoms with Gasteiger partial charge in [0, 0.05) is 30.0 Å². The summed E-state index contributed by atoms with van der Waals surface area (Å²) in [5, 5.41) is 9.21. The van der Waals surface area contributed by atoms with Crippen LogP contribution in [0.15, 0.2) is 30.3 Å². The second kappa shape index (κ2) is 13.1. The van der Waals surface area contributed by atoms with Gasteiger partial charge in [-0.05, 0) is 57.0 Å². The van der Waals surface area contributed by atoms with E-state index in [0.29, 0.717) is 48.4 Å². The lowest BCUT2D eigenvalue weighted by atomic mass is 9.85. The molecule has 48 heavy (non-hydrogen) atoms. The third kappa shape index (κ3) is 6.90. The van der Waals surface area contributed by atoms with Crippen molar-refractivity contribution in [3.05, 3.63) is 47.4 Å². The summed E-state index contributed by atoms with van der Waals surface area (Å²) in [6, 6.07) is 6.02. The molecule has 0 aliphatic carbocycles. The molecule has 14 heteroatoms. The molecule has 1 fully saturated rings. The van der Waals surface area contributed by atoms with Crippen LogP contribution in [0.1, 0.15) is 81.4 Å². The molecule has 0 saturated carbocycles. The zero-order valence-electron chi connectivity index (χ0n) is 27.2. The average Bonchev–Trinajstić information content (AvgIpc) is 3.54. The number of pyridine rings is 1. The molecule has 2 aliphatic heterocycles. The van der Waals surface area contributed by atoms with Crippen molar-refractivity contribution in [2.24, 2.45) is 5.41 Å². The van der Waals surface area contributed by atoms with Crippen LogP contribution in [0.5, 0.6) is 0 Å². The number of nitrogens with one attached hydrogen (secondary N) is 3. The van der Waals surface area contributed by atoms with Crippen LogP contribution in [0.4, 0.5) is 22.0 Å². The van der Waals surface area contributed by atoms with Crippen LogP contribution >= 0.6 is 0 Å². The Labute approximate surface area is 274 Å². The van der Waals surface area contributed by atoms with E-state index in [1.165, 1.54) is 0 Å². The minimum Gasteiger partial charge on any atom is -0.348 e. The fourth-order valence-electron chi connectivity index (χ4n) is 6.63. The van der Waals surface area contributed by atoms with Gasteiger partial charge < -0.3 is 25.1 Å². The molecule has 5 heterocycles. The molecule has 1 aromatic carbocycles. The fourth-order valence-corrected chi connectivity index (χ4v) is 6.63. The molecular weight excluding hydrogens is 633 g/mol. The molecule has 0 radical (unpaired) electrons. The molecule has 2 amide bonds. The molecule has 2 aliphatic rings. The summed E-state index contributed by atoms with van der Waals surface area (Å²) in [7, 11) is 0. The highest BCUT2D eigenvalue weighted by Gasteiger charge is 2.34. The second-order valence-electron chi connectivity index (χ2n) is 13.6. The minimum absolute atomic E-state index is 0.00841. The van der Waals surface area contributed by atoms with Crippen LogP contribution in [0, 0.1) is 11.2 Å². The summed E-state index contributed by atoms with van der Waals surface area (Å²) < 4.78 is 74.7. The number of nitrogens with zero attached hydrogens (tertiary/aromatic N) is 4. The number of rotatable bonds is 4. The van der Waals surface area contributed by atoms with Crippen molar-refractivity contribution in [2.45, 2.75) is 96.8 Å². The first-order valence-electron chi connectivity index (χ1n) is 16.5. The Kier molecular flexibility index (Phi) is 9.22. The van der Waals surface area contributed by atoms with Gasteiger partial charge in [-0.1, -0.05) is 33.1 Å². The SMILES string of the molecule is C[C@H]1NC(=O)C(C)(C)CCCCCCn2c(-c3nc4cc(C(=O)N[C@H]5CNCC[C@@H]5F)c(F)cc4n3CC(F)(F)F)cc3ccc1nc32. The number of alkyl halides is 4. The van der Waals surface area contributed by atoms with Crippen molar-refractivity contribution in [1.82, 2.24) is 35.1 Å². The first-order valence-corrected chi connectivity index (χ1v) is 16.5. The third-order valence-corrected chi connectivity index (χ3v) is 9.47. The summed E-state index contributed by atoms with van der Waals surface area (Å²) in [6.45, 7) is 5.31. The lowest BCUT2D eigenvalue weighted by Gasteiger charge is -2.27. The molecule has 9 nitrogen and oxygen atoms in total. The number of fused-ring (bicyclic) bond motifs is 2. The van der Waals surface area contributed by atoms with Gasteiger partial charge in [-0.2, -0.15) is 13.2 Å². The molecule has 258 valence electrons. The minimum atomic E-state index is -4.67. The van der Waals surface area contributed by atoms with Gasteiger partial charge >= 0.3 is 6.18 Å². The highest BCUT2D eigenvalue weighted by molar-refractivity contribution is 5.98. The summed E-state index contributed by atoms with van der Waals surface area (Å²) >= 11 is 0. The fraction of sp³-hybridized carbons (Fsp3) is 0.529. The Morgan fingerprint density at radius 3 is 2.62 bits per heavy atom. The van der Waals surface area contributed by atoms with Gasteiger partial charge in [0.05, 0.1) is 40.1 Å². The van der Waals surface area contributed by atoms with Crippen LogP contribution < -0.4 is 16.0 Å². The van der Waals surface area contributed by atoms with Crippen LogP contribution in [-0.2, 0) is 17.9 Å². The molecule has 3 N–H and O–H groups in total. The van der Waals surface area contributed by atoms with Gasteiger partial charge in [-0.25, -0.2) is 18.7 Å². The smallest absolute Gasteiger partial charge is 0.348 e. The van der Waals surface area contributed by atoms with E-state index >= 15 is 4.39 Å². The number of imidazole rings is 1. The molecule has 3 atom stereocenters. The lowest BCUT2D eigenvalue weighted by Crippen LogP contribution is -2.52. The number of hydrogen-bond donors (Lipinski definition) is 3. The Morgan fingerprint density at radius 2 is 1.88 bits per heavy atom. The lowest BCUT2D eigenvalue weighted by molar-refractivity contribution is -0.139. The van der Waals surface area contributed by atoms with Gasteiger partial charge in [0.2, 0.25) is 5.91 Å². The maximum atomic E-state index is 15.5. The predicted octanol–water partition coefficient (Wildman–Crippen LogP) is 6.35. The molecule has 1 saturated heterocycles. The van der Waals surface area contributed by atoms with Crippen molar-refractivity contribution in [3.63, 3.8) is 0 Å². The quantitative estimate of drug-likeness (QED) is 0.219. The van der Waals surface area contributed by atoms with E-state index in [-0.39, 0.29) is 35.7 Å². The summed E-state index contributed by atoms with van der Waals surface area (Å²) in [5.74, 6) is -2.04. The number of aromatic nitrogens is 4. The number of amides is 2. The number of piperidine rings is 1. The third-order valence-electron chi connectivity index (χ3n) is 9.47. The van der Waals surface area contributed by atoms with Crippen LogP contribution in [0.3, 0.4) is 0 Å². The van der Waals surface area contributed by atoms with E-state index in [9.17, 15) is 27.2 Å². The topological polar surface area (TPSA) is 106 Å². The van der Waals surface area contributed by atoms with Crippen molar-refractivity contribution in [3.8, 4) is 11.5 Å². The molecule has 2 bridgehead atoms. The number of benzene rings is 1. The Balaban J connectivity index is 1.46. The second-order valence-corrected chi connectivity index (χ2v) is 13.6. The van der Waals surface area contributed by atoms with Crippen molar-refractivity contribution >= 4 is 33.9 Å². The molecule has 0 unspecified atom stereocenters. The normalized spacial score (nSPS) is 22.5. The number of carbonyl (C=O) groups is 2. The van der Waals surface area contributed by atoms with Crippen LogP contribution in [0.25, 0.3) is 33.6 Å². The standard InChI is InChI=1S/C34H40F5N7O2/c1-19-24-9-8-20-14-28(45(29(20)42-24)13-7-5-4-6-11-33(2,3)32(48)41-19)30-43-25-15-21(31(47)44-26-17-40-12-10-22(26)35)23(36)16-27(25)46(30)18-34(37,38)39/h8-9,14-16,19,22,26,40H,4-7,10-13,17-18H2,1-3H3,(H,41,48)(H,44,47)/t19-,22+,26+/m1/s1. The maximum Gasteiger partial charge on any atom is 0.406 e. The first-order chi connectivity index (χ1) is 22.7. The van der Waals surface area contributed by atoms with Crippen molar-refractivity contribution in [2.75, 3.05) is 13.1 Å². The van der Waals surface area contributed by atoms with Crippen LogP contribution in [0.2, 0.25) is 0 Å². The monoisotopic (exact) mass is 673 g/mol. The van der Waals surface area contributed by atoms with E-state index in [2.05, 4.69) is 20.9 Å². The van der Waals surface area contributed by atoms with Gasteiger partial charge in [0.15, 0.2) is 5.82 Å². The van der Waals surface area contributed by atoms with E-state index in [0.717, 1.165) is 36.0 Å². The Hall–Kier alpha value is -4.07. The number of hydrogen-bond acceptors (Lipinski definition) is 5. The number of halogens is 5. The summed E-state index contributed by atoms with van der Waals surface area (Å²) in [6.07, 6.45) is -1.84. The predicted molar refractivity (Wildman–Crippen MR) is 172 cm³/mol. The number of aryl methyl sites for hydroxylation is 1. The van der Waals surface area contributed by atoms with Gasteiger partial charge in [-0.15, -0.1) is 0 Å². The molecular formula is C34H40F5N7O2. The number of carbonyl (C=O) groups excluding carboxylic acids is 2. The van der Waals surface area contributed by atoms with Crippen molar-refractivity contribution < 1.29 is 31.5 Å². The van der Waals surface area contributed by atoms with Gasteiger partial charge in [0.25, 0.3) is 5.91 Å². The van der Waals surface area contributed by atoms with E-state index in [1.807, 2.05) is 31.4 Å². The van der Waals surface area contributed by atoms with E-state index in [1.54, 1.807) is 12.1 Å². The van der Waals surface area contributed by atoms with Gasteiger partial charge in [0.1, 0.15) is 24.2 Å². The Bertz CT molecular complexity index is 1850.